The summed E-state index contributed by atoms with van der Waals surface area (Å²) in [6.45, 7) is 3.54. The van der Waals surface area contributed by atoms with Crippen molar-refractivity contribution in [3.05, 3.63) is 41.9 Å². The number of halogens is 3. The van der Waals surface area contributed by atoms with Gasteiger partial charge >= 0.3 is 6.18 Å². The van der Waals surface area contributed by atoms with Crippen LogP contribution in [0.15, 0.2) is 30.5 Å². The third-order valence-corrected chi connectivity index (χ3v) is 5.93. The first kappa shape index (κ1) is 19.9. The molecule has 2 aliphatic rings. The maximum atomic E-state index is 13.2. The van der Waals surface area contributed by atoms with Crippen LogP contribution in [-0.4, -0.2) is 51.5 Å². The maximum Gasteiger partial charge on any atom is 0.437 e. The van der Waals surface area contributed by atoms with Crippen LogP contribution in [0.25, 0.3) is 5.52 Å². The van der Waals surface area contributed by atoms with E-state index >= 15 is 0 Å². The van der Waals surface area contributed by atoms with E-state index in [2.05, 4.69) is 25.7 Å². The van der Waals surface area contributed by atoms with Gasteiger partial charge in [-0.25, -0.2) is 4.52 Å². The smallest absolute Gasteiger partial charge is 0.353 e. The van der Waals surface area contributed by atoms with Crippen LogP contribution in [0, 0.1) is 5.41 Å². The van der Waals surface area contributed by atoms with Gasteiger partial charge in [-0.3, -0.25) is 9.48 Å². The number of hydrogen-bond donors (Lipinski definition) is 2. The van der Waals surface area contributed by atoms with Crippen molar-refractivity contribution in [2.75, 3.05) is 36.4 Å². The summed E-state index contributed by atoms with van der Waals surface area (Å²) in [5.74, 6) is 0.0597. The summed E-state index contributed by atoms with van der Waals surface area (Å²) in [5.41, 5.74) is -0.392. The van der Waals surface area contributed by atoms with E-state index in [1.54, 1.807) is 12.1 Å². The van der Waals surface area contributed by atoms with Gasteiger partial charge in [0.15, 0.2) is 5.69 Å². The summed E-state index contributed by atoms with van der Waals surface area (Å²) >= 11 is 0. The van der Waals surface area contributed by atoms with E-state index in [0.29, 0.717) is 10.9 Å². The van der Waals surface area contributed by atoms with Gasteiger partial charge in [0.05, 0.1) is 11.2 Å². The summed E-state index contributed by atoms with van der Waals surface area (Å²) < 4.78 is 42.1. The van der Waals surface area contributed by atoms with Crippen molar-refractivity contribution in [2.24, 2.45) is 12.5 Å². The number of hydrogen-bond acceptors (Lipinski definition) is 5. The molecule has 2 fully saturated rings. The van der Waals surface area contributed by atoms with Crippen LogP contribution < -0.4 is 15.5 Å². The molecule has 0 radical (unpaired) electrons. The number of anilines is 2. The highest BCUT2D eigenvalue weighted by Gasteiger charge is 2.45. The second kappa shape index (κ2) is 6.98. The molecule has 1 aliphatic heterocycles. The predicted octanol–water partition coefficient (Wildman–Crippen LogP) is 2.53. The lowest BCUT2D eigenvalue weighted by Crippen LogP contribution is -2.32. The molecule has 1 amide bonds. The minimum Gasteiger partial charge on any atom is -0.353 e. The van der Waals surface area contributed by atoms with Gasteiger partial charge in [0.2, 0.25) is 0 Å². The van der Waals surface area contributed by atoms with Crippen molar-refractivity contribution in [1.29, 1.82) is 0 Å². The van der Waals surface area contributed by atoms with Crippen LogP contribution in [-0.2, 0) is 13.2 Å². The van der Waals surface area contributed by atoms with E-state index in [9.17, 15) is 18.0 Å². The van der Waals surface area contributed by atoms with Gasteiger partial charge in [-0.1, -0.05) is 0 Å². The molecule has 2 N–H and O–H groups in total. The Morgan fingerprint density at radius 3 is 2.71 bits per heavy atom. The summed E-state index contributed by atoms with van der Waals surface area (Å²) in [6.07, 6.45) is -1.17. The Morgan fingerprint density at radius 1 is 1.19 bits per heavy atom. The molecule has 1 aliphatic carbocycles. The van der Waals surface area contributed by atoms with E-state index in [4.69, 9.17) is 0 Å². The van der Waals surface area contributed by atoms with Crippen molar-refractivity contribution in [2.45, 2.75) is 19.0 Å². The van der Waals surface area contributed by atoms with Gasteiger partial charge in [0.25, 0.3) is 5.91 Å². The molecule has 3 aromatic rings. The van der Waals surface area contributed by atoms with Crippen LogP contribution in [0.5, 0.6) is 0 Å². The Morgan fingerprint density at radius 2 is 1.97 bits per heavy atom. The molecule has 0 aromatic carbocycles. The lowest BCUT2D eigenvalue weighted by Gasteiger charge is -2.24. The van der Waals surface area contributed by atoms with Gasteiger partial charge in [0.1, 0.15) is 11.5 Å². The highest BCUT2D eigenvalue weighted by molar-refractivity contribution is 6.04. The minimum atomic E-state index is -4.67. The molecule has 5 rings (SSSR count). The van der Waals surface area contributed by atoms with Crippen LogP contribution >= 0.6 is 0 Å². The molecule has 8 nitrogen and oxygen atoms in total. The zero-order valence-corrected chi connectivity index (χ0v) is 16.9. The number of carbonyl (C=O) groups is 1. The van der Waals surface area contributed by atoms with Crippen LogP contribution in [0.2, 0.25) is 0 Å². The van der Waals surface area contributed by atoms with E-state index in [1.165, 1.54) is 24.4 Å². The van der Waals surface area contributed by atoms with Crippen LogP contribution in [0.1, 0.15) is 29.0 Å². The van der Waals surface area contributed by atoms with E-state index in [-0.39, 0.29) is 11.4 Å². The van der Waals surface area contributed by atoms with E-state index < -0.39 is 17.8 Å². The largest absolute Gasteiger partial charge is 0.437 e. The highest BCUT2D eigenvalue weighted by Crippen LogP contribution is 2.46. The Labute approximate surface area is 176 Å². The molecule has 0 bridgehead atoms. The van der Waals surface area contributed by atoms with Gasteiger partial charge in [-0.15, -0.1) is 5.10 Å². The minimum absolute atomic E-state index is 0.155. The average molecular weight is 433 g/mol. The number of aryl methyl sites for hydroxylation is 1. The molecule has 0 atom stereocenters. The first-order valence-electron chi connectivity index (χ1n) is 10.1. The zero-order valence-electron chi connectivity index (χ0n) is 16.9. The van der Waals surface area contributed by atoms with Crippen LogP contribution in [0.3, 0.4) is 0 Å². The monoisotopic (exact) mass is 433 g/mol. The number of carbonyl (C=O) groups excluding carboxylic acids is 1. The Kier molecular flexibility index (Phi) is 4.47. The van der Waals surface area contributed by atoms with Crippen molar-refractivity contribution >= 4 is 22.9 Å². The second-order valence-electron chi connectivity index (χ2n) is 8.36. The molecule has 0 unspecified atom stereocenters. The Balaban J connectivity index is 1.44. The van der Waals surface area contributed by atoms with Crippen molar-refractivity contribution in [3.8, 4) is 0 Å². The fraction of sp³-hybridized carbons (Fsp3) is 0.450. The number of amides is 1. The van der Waals surface area contributed by atoms with Gasteiger partial charge in [-0.2, -0.15) is 18.3 Å². The van der Waals surface area contributed by atoms with Crippen molar-refractivity contribution < 1.29 is 18.0 Å². The van der Waals surface area contributed by atoms with Gasteiger partial charge in [0, 0.05) is 44.8 Å². The summed E-state index contributed by atoms with van der Waals surface area (Å²) in [7, 11) is 1.37. The Hall–Kier alpha value is -3.08. The standard InChI is InChI=1S/C20H22F3N7O/c1-28-10-14(17(27-28)20(21,22)23)25-18(31)15-4-2-13-3-5-16(26-30(13)15)29-9-8-24-11-19(12-29)6-7-19/h2-5,10,24H,6-9,11-12H2,1H3,(H,25,31). The van der Waals surface area contributed by atoms with E-state index in [1.807, 2.05) is 12.1 Å². The quantitative estimate of drug-likeness (QED) is 0.664. The molecule has 4 heterocycles. The fourth-order valence-corrected chi connectivity index (χ4v) is 4.11. The van der Waals surface area contributed by atoms with Crippen molar-refractivity contribution in [3.63, 3.8) is 0 Å². The number of alkyl halides is 3. The highest BCUT2D eigenvalue weighted by atomic mass is 19.4. The third-order valence-electron chi connectivity index (χ3n) is 5.93. The molecule has 164 valence electrons. The number of nitrogens with zero attached hydrogens (tertiary/aromatic N) is 5. The number of rotatable bonds is 3. The van der Waals surface area contributed by atoms with Gasteiger partial charge in [-0.05, 0) is 37.1 Å². The summed E-state index contributed by atoms with van der Waals surface area (Å²) in [5, 5.41) is 13.9. The lowest BCUT2D eigenvalue weighted by atomic mass is 10.1. The van der Waals surface area contributed by atoms with Crippen molar-refractivity contribution in [1.82, 2.24) is 24.7 Å². The number of fused-ring (bicyclic) bond motifs is 1. The second-order valence-corrected chi connectivity index (χ2v) is 8.36. The molecular weight excluding hydrogens is 411 g/mol. The first-order chi connectivity index (χ1) is 14.7. The maximum absolute atomic E-state index is 13.2. The summed E-state index contributed by atoms with van der Waals surface area (Å²) in [4.78, 5) is 15.0. The van der Waals surface area contributed by atoms with Gasteiger partial charge < -0.3 is 15.5 Å². The molecule has 3 aromatic heterocycles. The zero-order chi connectivity index (χ0) is 21.8. The normalized spacial score (nSPS) is 18.4. The third kappa shape index (κ3) is 3.73. The first-order valence-corrected chi connectivity index (χ1v) is 10.1. The molecular formula is C20H22F3N7O. The lowest BCUT2D eigenvalue weighted by molar-refractivity contribution is -0.140. The van der Waals surface area contributed by atoms with E-state index in [0.717, 1.165) is 42.9 Å². The number of nitrogens with one attached hydrogen (secondary N) is 2. The fourth-order valence-electron chi connectivity index (χ4n) is 4.11. The topological polar surface area (TPSA) is 79.5 Å². The molecule has 1 saturated heterocycles. The molecule has 31 heavy (non-hydrogen) atoms. The SMILES string of the molecule is Cn1cc(NC(=O)c2ccc3ccc(N4CCNCC5(CC5)C4)nn23)c(C(F)(F)F)n1. The Bertz CT molecular complexity index is 1150. The summed E-state index contributed by atoms with van der Waals surface area (Å²) in [6, 6.07) is 7.05. The average Bonchev–Trinajstić information content (AvgIpc) is 3.26. The van der Waals surface area contributed by atoms with Crippen LogP contribution in [0.4, 0.5) is 24.7 Å². The molecule has 11 heteroatoms. The molecule has 1 saturated carbocycles. The number of aromatic nitrogens is 4. The predicted molar refractivity (Wildman–Crippen MR) is 108 cm³/mol. The molecule has 1 spiro atoms.